The van der Waals surface area contributed by atoms with E-state index in [-0.39, 0.29) is 16.3 Å². The topological polar surface area (TPSA) is 130 Å². The first kappa shape index (κ1) is 18.0. The highest BCUT2D eigenvalue weighted by Gasteiger charge is 2.26. The van der Waals surface area contributed by atoms with Crippen LogP contribution in [0.2, 0.25) is 0 Å². The molecule has 1 aromatic rings. The van der Waals surface area contributed by atoms with Gasteiger partial charge >= 0.3 is 5.97 Å². The number of hydrogen-bond acceptors (Lipinski definition) is 6. The van der Waals surface area contributed by atoms with Gasteiger partial charge in [0, 0.05) is 17.5 Å². The van der Waals surface area contributed by atoms with Crippen LogP contribution in [0.15, 0.2) is 15.7 Å². The Morgan fingerprint density at radius 1 is 1.33 bits per heavy atom. The van der Waals surface area contributed by atoms with E-state index in [0.29, 0.717) is 0 Å². The van der Waals surface area contributed by atoms with Gasteiger partial charge in [0.1, 0.15) is 4.21 Å². The van der Waals surface area contributed by atoms with Crippen molar-refractivity contribution in [1.29, 1.82) is 0 Å². The zero-order valence-corrected chi connectivity index (χ0v) is 14.0. The van der Waals surface area contributed by atoms with Crippen LogP contribution in [-0.2, 0) is 20.0 Å². The number of carboxylic acids is 1. The third-order valence-electron chi connectivity index (χ3n) is 2.25. The number of hydrogen-bond donors (Lipinski definition) is 3. The number of thiophene rings is 1. The molecule has 1 aromatic heterocycles. The molecule has 0 amide bonds. The van der Waals surface area contributed by atoms with E-state index in [9.17, 15) is 21.6 Å². The molecule has 0 aliphatic carbocycles. The van der Waals surface area contributed by atoms with Gasteiger partial charge in [-0.15, -0.1) is 11.3 Å². The molecule has 0 atom stereocenters. The molecule has 0 saturated heterocycles. The van der Waals surface area contributed by atoms with Crippen molar-refractivity contribution < 1.29 is 26.7 Å². The quantitative estimate of drug-likeness (QED) is 0.633. The maximum atomic E-state index is 12.0. The van der Waals surface area contributed by atoms with Crippen LogP contribution in [0.4, 0.5) is 0 Å². The molecule has 120 valence electrons. The Kier molecular flexibility index (Phi) is 5.16. The smallest absolute Gasteiger partial charge is 0.336 e. The summed E-state index contributed by atoms with van der Waals surface area (Å²) in [4.78, 5) is 10.7. The van der Waals surface area contributed by atoms with Crippen molar-refractivity contribution in [1.82, 2.24) is 9.44 Å². The van der Waals surface area contributed by atoms with Gasteiger partial charge in [-0.2, -0.15) is 0 Å². The van der Waals surface area contributed by atoms with Gasteiger partial charge in [-0.05, 0) is 19.9 Å². The maximum Gasteiger partial charge on any atom is 0.336 e. The third kappa shape index (κ3) is 5.71. The summed E-state index contributed by atoms with van der Waals surface area (Å²) in [7, 11) is -7.37. The lowest BCUT2D eigenvalue weighted by Crippen LogP contribution is -2.50. The average molecular weight is 356 g/mol. The summed E-state index contributed by atoms with van der Waals surface area (Å²) in [6, 6.07) is 1.05. The zero-order valence-electron chi connectivity index (χ0n) is 11.6. The number of nitrogens with one attached hydrogen (secondary N) is 2. The molecule has 0 radical (unpaired) electrons. The second-order valence-corrected chi connectivity index (χ2v) is 9.70. The van der Waals surface area contributed by atoms with Crippen molar-refractivity contribution in [3.8, 4) is 0 Å². The molecule has 0 unspecified atom stereocenters. The summed E-state index contributed by atoms with van der Waals surface area (Å²) in [6.07, 6.45) is 0.974. The maximum absolute atomic E-state index is 12.0. The molecule has 0 aliphatic rings. The molecule has 21 heavy (non-hydrogen) atoms. The standard InChI is InChI=1S/C10H16N2O6S3/c1-10(2,12-20(3,15)16)6-11-21(17,18)8-4-7(5-19-8)9(13)14/h4-5,11-12H,6H2,1-3H3,(H,13,14). The second kappa shape index (κ2) is 6.01. The van der Waals surface area contributed by atoms with Crippen molar-refractivity contribution in [2.45, 2.75) is 23.6 Å². The Morgan fingerprint density at radius 3 is 2.33 bits per heavy atom. The molecule has 11 heteroatoms. The van der Waals surface area contributed by atoms with Crippen LogP contribution in [-0.4, -0.2) is 46.3 Å². The molecule has 0 aliphatic heterocycles. The molecule has 1 heterocycles. The fourth-order valence-corrected chi connectivity index (χ4v) is 4.94. The minimum atomic E-state index is -3.89. The van der Waals surface area contributed by atoms with E-state index in [2.05, 4.69) is 9.44 Å². The summed E-state index contributed by atoms with van der Waals surface area (Å²) in [5, 5.41) is 9.98. The molecule has 0 fully saturated rings. The second-order valence-electron chi connectivity index (χ2n) is 5.04. The van der Waals surface area contributed by atoms with Crippen molar-refractivity contribution in [2.24, 2.45) is 0 Å². The van der Waals surface area contributed by atoms with Crippen LogP contribution in [0.25, 0.3) is 0 Å². The van der Waals surface area contributed by atoms with Crippen LogP contribution in [0.5, 0.6) is 0 Å². The fourth-order valence-electron chi connectivity index (χ4n) is 1.45. The van der Waals surface area contributed by atoms with Crippen molar-refractivity contribution in [3.63, 3.8) is 0 Å². The molecule has 0 bridgehead atoms. The zero-order chi connectivity index (χ0) is 16.5. The van der Waals surface area contributed by atoms with E-state index >= 15 is 0 Å². The Labute approximate surface area is 127 Å². The molecular formula is C10H16N2O6S3. The van der Waals surface area contributed by atoms with Gasteiger partial charge in [0.15, 0.2) is 0 Å². The van der Waals surface area contributed by atoms with Crippen LogP contribution in [0.3, 0.4) is 0 Å². The fraction of sp³-hybridized carbons (Fsp3) is 0.500. The number of sulfonamides is 2. The van der Waals surface area contributed by atoms with Gasteiger partial charge in [0.2, 0.25) is 20.0 Å². The average Bonchev–Trinajstić information content (AvgIpc) is 2.73. The first-order valence-corrected chi connectivity index (χ1v) is 9.88. The summed E-state index contributed by atoms with van der Waals surface area (Å²) in [5.74, 6) is -1.22. The van der Waals surface area contributed by atoms with Crippen LogP contribution in [0.1, 0.15) is 24.2 Å². The molecule has 0 spiro atoms. The third-order valence-corrected chi connectivity index (χ3v) is 6.02. The SMILES string of the molecule is CC(C)(CNS(=O)(=O)c1cc(C(=O)O)cs1)NS(C)(=O)=O. The highest BCUT2D eigenvalue weighted by molar-refractivity contribution is 7.91. The number of aromatic carboxylic acids is 1. The van der Waals surface area contributed by atoms with E-state index in [1.54, 1.807) is 0 Å². The molecule has 3 N–H and O–H groups in total. The molecular weight excluding hydrogens is 340 g/mol. The predicted octanol–water partition coefficient (Wildman–Crippen LogP) is 0.0524. The molecule has 0 saturated carbocycles. The van der Waals surface area contributed by atoms with Crippen LogP contribution in [0, 0.1) is 0 Å². The summed E-state index contributed by atoms with van der Waals surface area (Å²) in [5.41, 5.74) is -1.14. The van der Waals surface area contributed by atoms with Gasteiger partial charge < -0.3 is 5.11 Å². The Bertz CT molecular complexity index is 733. The van der Waals surface area contributed by atoms with Crippen LogP contribution < -0.4 is 9.44 Å². The lowest BCUT2D eigenvalue weighted by molar-refractivity contribution is 0.0697. The van der Waals surface area contributed by atoms with Gasteiger partial charge in [0.05, 0.1) is 11.8 Å². The lowest BCUT2D eigenvalue weighted by atomic mass is 10.1. The Hall–Kier alpha value is -1.01. The summed E-state index contributed by atoms with van der Waals surface area (Å²) < 4.78 is 50.8. The molecule has 1 rings (SSSR count). The van der Waals surface area contributed by atoms with Crippen molar-refractivity contribution >= 4 is 37.4 Å². The van der Waals surface area contributed by atoms with Gasteiger partial charge in [-0.3, -0.25) is 0 Å². The summed E-state index contributed by atoms with van der Waals surface area (Å²) >= 11 is 0.779. The van der Waals surface area contributed by atoms with Gasteiger partial charge in [-0.1, -0.05) is 0 Å². The van der Waals surface area contributed by atoms with Crippen LogP contribution >= 0.6 is 11.3 Å². The van der Waals surface area contributed by atoms with E-state index in [1.165, 1.54) is 19.2 Å². The first-order chi connectivity index (χ1) is 9.32. The largest absolute Gasteiger partial charge is 0.478 e. The number of carbonyl (C=O) groups is 1. The monoisotopic (exact) mass is 356 g/mol. The highest BCUT2D eigenvalue weighted by Crippen LogP contribution is 2.20. The highest BCUT2D eigenvalue weighted by atomic mass is 32.2. The van der Waals surface area contributed by atoms with E-state index < -0.39 is 31.6 Å². The van der Waals surface area contributed by atoms with Gasteiger partial charge in [0.25, 0.3) is 0 Å². The minimum Gasteiger partial charge on any atom is -0.478 e. The normalized spacial score (nSPS) is 13.3. The minimum absolute atomic E-state index is 0.117. The summed E-state index contributed by atoms with van der Waals surface area (Å²) in [6.45, 7) is 2.87. The predicted molar refractivity (Wildman–Crippen MR) is 78.5 cm³/mol. The number of carboxylic acid groups (broad SMARTS) is 1. The van der Waals surface area contributed by atoms with Crippen molar-refractivity contribution in [3.05, 3.63) is 17.0 Å². The van der Waals surface area contributed by atoms with E-state index in [1.807, 2.05) is 0 Å². The Morgan fingerprint density at radius 2 is 1.90 bits per heavy atom. The molecule has 8 nitrogen and oxygen atoms in total. The first-order valence-electron chi connectivity index (χ1n) is 5.63. The molecule has 0 aromatic carbocycles. The van der Waals surface area contributed by atoms with E-state index in [4.69, 9.17) is 5.11 Å². The van der Waals surface area contributed by atoms with Crippen molar-refractivity contribution in [2.75, 3.05) is 12.8 Å². The number of rotatable bonds is 7. The van der Waals surface area contributed by atoms with Gasteiger partial charge in [-0.25, -0.2) is 31.1 Å². The van der Waals surface area contributed by atoms with E-state index in [0.717, 1.165) is 23.7 Å². The Balaban J connectivity index is 2.83. The lowest BCUT2D eigenvalue weighted by Gasteiger charge is -2.24.